The van der Waals surface area contributed by atoms with Crippen molar-refractivity contribution in [2.24, 2.45) is 0 Å². The third-order valence-electron chi connectivity index (χ3n) is 2.11. The average Bonchev–Trinajstić information content (AvgIpc) is 2.46. The fourth-order valence-corrected chi connectivity index (χ4v) is 2.63. The van der Waals surface area contributed by atoms with E-state index in [-0.39, 0.29) is 0 Å². The van der Waals surface area contributed by atoms with Crippen LogP contribution in [0.25, 0.3) is 3.58 Å². The molecule has 0 heterocycles. The van der Waals surface area contributed by atoms with Crippen LogP contribution in [0, 0.1) is 0 Å². The molecule has 1 aromatic carbocycles. The summed E-state index contributed by atoms with van der Waals surface area (Å²) in [6, 6.07) is 3.97. The van der Waals surface area contributed by atoms with Crippen molar-refractivity contribution in [2.45, 2.75) is 6.42 Å². The number of benzene rings is 1. The average molecular weight is 349 g/mol. The molecule has 0 unspecified atom stereocenters. The van der Waals surface area contributed by atoms with Crippen LogP contribution in [-0.2, 0) is 6.42 Å². The molecule has 3 heteroatoms. The van der Waals surface area contributed by atoms with Gasteiger partial charge in [-0.15, -0.1) is 0 Å². The molecule has 1 aliphatic rings. The second-order valence-electron chi connectivity index (χ2n) is 2.90. The molecule has 0 saturated heterocycles. The summed E-state index contributed by atoms with van der Waals surface area (Å²) in [4.78, 5) is 10.7. The highest BCUT2D eigenvalue weighted by atomic mass is 127. The van der Waals surface area contributed by atoms with Crippen molar-refractivity contribution in [3.8, 4) is 0 Å². The number of halogens is 2. The fourth-order valence-electron chi connectivity index (χ4n) is 1.42. The number of carbonyl (C=O) groups is 1. The molecule has 1 aromatic rings. The van der Waals surface area contributed by atoms with Crippen molar-refractivity contribution in [3.05, 3.63) is 39.4 Å². The molecule has 0 fully saturated rings. The van der Waals surface area contributed by atoms with Crippen molar-refractivity contribution < 1.29 is 4.79 Å². The number of rotatable bonds is 1. The molecule has 0 N–H and O–H groups in total. The first-order valence-electron chi connectivity index (χ1n) is 3.86. The van der Waals surface area contributed by atoms with Gasteiger partial charge in [-0.05, 0) is 52.3 Å². The normalized spacial score (nSPS) is 13.8. The van der Waals surface area contributed by atoms with Gasteiger partial charge in [0.1, 0.15) is 0 Å². The zero-order valence-electron chi connectivity index (χ0n) is 6.68. The smallest absolute Gasteiger partial charge is 0.151 e. The summed E-state index contributed by atoms with van der Waals surface area (Å²) in [5, 5.41) is 0. The summed E-state index contributed by atoms with van der Waals surface area (Å²) in [6.45, 7) is 0. The molecular weight excluding hydrogens is 343 g/mol. The van der Waals surface area contributed by atoms with E-state index in [0.29, 0.717) is 0 Å². The van der Waals surface area contributed by atoms with Crippen LogP contribution >= 0.6 is 38.5 Å². The molecule has 0 amide bonds. The fraction of sp³-hybridized carbons (Fsp3) is 0.100. The molecule has 1 aliphatic carbocycles. The van der Waals surface area contributed by atoms with Gasteiger partial charge in [-0.3, -0.25) is 4.79 Å². The van der Waals surface area contributed by atoms with Gasteiger partial charge >= 0.3 is 0 Å². The van der Waals surface area contributed by atoms with Gasteiger partial charge in [-0.2, -0.15) is 0 Å². The van der Waals surface area contributed by atoms with Crippen LogP contribution in [0.3, 0.4) is 0 Å². The lowest BCUT2D eigenvalue weighted by atomic mass is 10.1. The summed E-state index contributed by atoms with van der Waals surface area (Å²) in [5.41, 5.74) is 3.22. The van der Waals surface area contributed by atoms with E-state index in [2.05, 4.69) is 44.6 Å². The molecule has 13 heavy (non-hydrogen) atoms. The van der Waals surface area contributed by atoms with Crippen LogP contribution in [0.2, 0.25) is 0 Å². The standard InChI is InChI=1S/C10H6BrIO/c11-9-4-6-1-2-10(12)8(6)3-7(9)5-13/h2-5H,1H2. The van der Waals surface area contributed by atoms with Gasteiger partial charge in [-0.25, -0.2) is 0 Å². The molecule has 0 radical (unpaired) electrons. The van der Waals surface area contributed by atoms with E-state index >= 15 is 0 Å². The van der Waals surface area contributed by atoms with Crippen molar-refractivity contribution in [3.63, 3.8) is 0 Å². The van der Waals surface area contributed by atoms with Crippen LogP contribution in [-0.4, -0.2) is 6.29 Å². The lowest BCUT2D eigenvalue weighted by molar-refractivity contribution is 0.112. The minimum Gasteiger partial charge on any atom is -0.298 e. The number of hydrogen-bond acceptors (Lipinski definition) is 1. The number of fused-ring (bicyclic) bond motifs is 1. The Hall–Kier alpha value is -0.160. The van der Waals surface area contributed by atoms with Gasteiger partial charge in [0, 0.05) is 13.6 Å². The second kappa shape index (κ2) is 3.53. The van der Waals surface area contributed by atoms with Gasteiger partial charge in [0.2, 0.25) is 0 Å². The van der Waals surface area contributed by atoms with Gasteiger partial charge in [0.15, 0.2) is 6.29 Å². The Morgan fingerprint density at radius 3 is 2.92 bits per heavy atom. The van der Waals surface area contributed by atoms with E-state index in [0.717, 1.165) is 22.7 Å². The first kappa shape index (κ1) is 9.40. The van der Waals surface area contributed by atoms with E-state index in [4.69, 9.17) is 0 Å². The molecule has 1 nitrogen and oxygen atoms in total. The lowest BCUT2D eigenvalue weighted by Gasteiger charge is -2.03. The van der Waals surface area contributed by atoms with Gasteiger partial charge in [-0.1, -0.05) is 22.0 Å². The molecule has 0 aliphatic heterocycles. The van der Waals surface area contributed by atoms with Crippen LogP contribution in [0.1, 0.15) is 21.5 Å². The highest BCUT2D eigenvalue weighted by Gasteiger charge is 2.14. The van der Waals surface area contributed by atoms with E-state index in [1.165, 1.54) is 14.7 Å². The van der Waals surface area contributed by atoms with Crippen LogP contribution in [0.4, 0.5) is 0 Å². The number of carbonyl (C=O) groups excluding carboxylic acids is 1. The third kappa shape index (κ3) is 1.59. The minimum atomic E-state index is 0.725. The predicted molar refractivity (Wildman–Crippen MR) is 65.2 cm³/mol. The van der Waals surface area contributed by atoms with E-state index in [1.807, 2.05) is 12.1 Å². The molecule has 2 rings (SSSR count). The van der Waals surface area contributed by atoms with Crippen LogP contribution < -0.4 is 0 Å². The third-order valence-corrected chi connectivity index (χ3v) is 3.82. The van der Waals surface area contributed by atoms with Gasteiger partial charge in [0.25, 0.3) is 0 Å². The summed E-state index contributed by atoms with van der Waals surface area (Å²) in [6.07, 6.45) is 4.03. The lowest BCUT2D eigenvalue weighted by Crippen LogP contribution is -1.88. The Morgan fingerprint density at radius 2 is 2.23 bits per heavy atom. The maximum atomic E-state index is 10.7. The monoisotopic (exact) mass is 348 g/mol. The summed E-state index contributed by atoms with van der Waals surface area (Å²) >= 11 is 5.67. The SMILES string of the molecule is O=Cc1cc2c(cc1Br)CC=C2I. The predicted octanol–water partition coefficient (Wildman–Crippen LogP) is 3.59. The quantitative estimate of drug-likeness (QED) is 0.560. The Kier molecular flexibility index (Phi) is 2.55. The van der Waals surface area contributed by atoms with Crippen LogP contribution in [0.5, 0.6) is 0 Å². The number of allylic oxidation sites excluding steroid dienone is 1. The molecule has 0 spiro atoms. The van der Waals surface area contributed by atoms with Crippen LogP contribution in [0.15, 0.2) is 22.7 Å². The second-order valence-corrected chi connectivity index (χ2v) is 4.92. The van der Waals surface area contributed by atoms with Crippen molar-refractivity contribution in [1.82, 2.24) is 0 Å². The molecule has 0 saturated carbocycles. The van der Waals surface area contributed by atoms with E-state index in [1.54, 1.807) is 0 Å². The van der Waals surface area contributed by atoms with Crippen molar-refractivity contribution >= 4 is 48.4 Å². The topological polar surface area (TPSA) is 17.1 Å². The number of aldehydes is 1. The molecule has 0 bridgehead atoms. The Balaban J connectivity index is 2.63. The molecular formula is C10H6BrIO. The molecule has 0 atom stereocenters. The Bertz CT molecular complexity index is 410. The Labute approximate surface area is 98.5 Å². The first-order valence-corrected chi connectivity index (χ1v) is 5.73. The zero-order valence-corrected chi connectivity index (χ0v) is 10.4. The zero-order chi connectivity index (χ0) is 9.42. The summed E-state index contributed by atoms with van der Waals surface area (Å²) in [5.74, 6) is 0. The van der Waals surface area contributed by atoms with Crippen molar-refractivity contribution in [1.29, 1.82) is 0 Å². The molecule has 66 valence electrons. The molecule has 0 aromatic heterocycles. The summed E-state index contributed by atoms with van der Waals surface area (Å²) < 4.78 is 2.13. The van der Waals surface area contributed by atoms with Crippen molar-refractivity contribution in [2.75, 3.05) is 0 Å². The highest BCUT2D eigenvalue weighted by Crippen LogP contribution is 2.35. The largest absolute Gasteiger partial charge is 0.298 e. The Morgan fingerprint density at radius 1 is 1.46 bits per heavy atom. The summed E-state index contributed by atoms with van der Waals surface area (Å²) in [7, 11) is 0. The van der Waals surface area contributed by atoms with Gasteiger partial charge in [0.05, 0.1) is 0 Å². The highest BCUT2D eigenvalue weighted by molar-refractivity contribution is 14.1. The minimum absolute atomic E-state index is 0.725. The van der Waals surface area contributed by atoms with E-state index in [9.17, 15) is 4.79 Å². The maximum Gasteiger partial charge on any atom is 0.151 e. The maximum absolute atomic E-state index is 10.7. The van der Waals surface area contributed by atoms with E-state index < -0.39 is 0 Å². The number of hydrogen-bond donors (Lipinski definition) is 0. The van der Waals surface area contributed by atoms with Gasteiger partial charge < -0.3 is 0 Å². The first-order chi connectivity index (χ1) is 6.22.